The average Bonchev–Trinajstić information content (AvgIpc) is 3.50. The molecule has 0 aromatic heterocycles. The molecule has 3 aromatic rings. The molecule has 0 spiro atoms. The van der Waals surface area contributed by atoms with Gasteiger partial charge in [-0.25, -0.2) is 0 Å². The molecular formula is C31H37NO7S. The van der Waals surface area contributed by atoms with Crippen molar-refractivity contribution in [3.63, 3.8) is 0 Å². The maximum absolute atomic E-state index is 11.8. The van der Waals surface area contributed by atoms with Crippen LogP contribution >= 0.6 is 0 Å². The van der Waals surface area contributed by atoms with E-state index >= 15 is 0 Å². The molecule has 6 atom stereocenters. The molecule has 0 radical (unpaired) electrons. The summed E-state index contributed by atoms with van der Waals surface area (Å²) >= 11 is 0. The van der Waals surface area contributed by atoms with Crippen LogP contribution in [0.1, 0.15) is 30.0 Å². The van der Waals surface area contributed by atoms with E-state index in [2.05, 4.69) is 0 Å². The van der Waals surface area contributed by atoms with Gasteiger partial charge in [0.15, 0.2) is 0 Å². The van der Waals surface area contributed by atoms with Gasteiger partial charge in [-0.15, -0.1) is 0 Å². The highest BCUT2D eigenvalue weighted by Crippen LogP contribution is 2.40. The summed E-state index contributed by atoms with van der Waals surface area (Å²) in [5.41, 5.74) is 3.20. The van der Waals surface area contributed by atoms with Crippen LogP contribution in [-0.4, -0.2) is 62.8 Å². The lowest BCUT2D eigenvalue weighted by atomic mass is 10.0. The topological polar surface area (TPSA) is 83.5 Å². The Balaban J connectivity index is 1.37. The average molecular weight is 568 g/mol. The standard InChI is InChI=1S/C31H37NO7S/c1-23(39-40(2,33)34)29-18-27-30(36-20-25-14-8-4-9-15-25)31(37-21-26-16-10-5-11-17-26)28(32(27)38-29)22-35-19-24-12-6-3-7-13-24/h3-17,23,27-31H,18-22H2,1-2H3/t23-,27-,28-,29-,30-,31-/m1/s1. The Morgan fingerprint density at radius 2 is 1.30 bits per heavy atom. The molecule has 2 saturated heterocycles. The lowest BCUT2D eigenvalue weighted by molar-refractivity contribution is -0.209. The fraction of sp³-hybridized carbons (Fsp3) is 0.419. The van der Waals surface area contributed by atoms with Crippen molar-refractivity contribution in [3.05, 3.63) is 108 Å². The Morgan fingerprint density at radius 3 is 1.82 bits per heavy atom. The quantitative estimate of drug-likeness (QED) is 0.280. The van der Waals surface area contributed by atoms with Gasteiger partial charge in [-0.2, -0.15) is 13.5 Å². The van der Waals surface area contributed by atoms with E-state index in [4.69, 9.17) is 23.2 Å². The number of ether oxygens (including phenoxy) is 3. The first-order valence-corrected chi connectivity index (χ1v) is 15.4. The van der Waals surface area contributed by atoms with E-state index < -0.39 is 22.3 Å². The minimum Gasteiger partial charge on any atom is -0.375 e. The molecule has 2 heterocycles. The van der Waals surface area contributed by atoms with Crippen molar-refractivity contribution in [2.75, 3.05) is 12.9 Å². The van der Waals surface area contributed by atoms with Crippen molar-refractivity contribution in [1.29, 1.82) is 0 Å². The zero-order valence-corrected chi connectivity index (χ0v) is 23.7. The van der Waals surface area contributed by atoms with E-state index in [1.807, 2.05) is 96.1 Å². The second kappa shape index (κ2) is 13.4. The molecule has 0 N–H and O–H groups in total. The van der Waals surface area contributed by atoms with Crippen LogP contribution in [0.15, 0.2) is 91.0 Å². The molecule has 0 aliphatic carbocycles. The molecule has 0 saturated carbocycles. The molecule has 2 fully saturated rings. The van der Waals surface area contributed by atoms with Crippen molar-refractivity contribution < 1.29 is 31.6 Å². The predicted octanol–water partition coefficient (Wildman–Crippen LogP) is 4.50. The van der Waals surface area contributed by atoms with Crippen molar-refractivity contribution in [2.45, 2.75) is 69.7 Å². The number of nitrogens with zero attached hydrogens (tertiary/aromatic N) is 1. The minimum atomic E-state index is -3.63. The molecule has 8 nitrogen and oxygen atoms in total. The van der Waals surface area contributed by atoms with Gasteiger partial charge in [-0.1, -0.05) is 91.0 Å². The largest absolute Gasteiger partial charge is 0.375 e. The third kappa shape index (κ3) is 7.55. The number of hydrogen-bond donors (Lipinski definition) is 0. The van der Waals surface area contributed by atoms with E-state index in [1.54, 1.807) is 6.92 Å². The van der Waals surface area contributed by atoms with Crippen LogP contribution in [0.5, 0.6) is 0 Å². The Labute approximate surface area is 236 Å². The lowest BCUT2D eigenvalue weighted by Crippen LogP contribution is -2.43. The van der Waals surface area contributed by atoms with E-state index in [1.165, 1.54) is 0 Å². The summed E-state index contributed by atoms with van der Waals surface area (Å²) in [7, 11) is -3.63. The van der Waals surface area contributed by atoms with Crippen LogP contribution < -0.4 is 0 Å². The van der Waals surface area contributed by atoms with E-state index in [-0.39, 0.29) is 24.3 Å². The van der Waals surface area contributed by atoms with Crippen molar-refractivity contribution in [3.8, 4) is 0 Å². The second-order valence-corrected chi connectivity index (χ2v) is 12.0. The first kappa shape index (κ1) is 28.9. The summed E-state index contributed by atoms with van der Waals surface area (Å²) in [4.78, 5) is 6.38. The van der Waals surface area contributed by atoms with Gasteiger partial charge in [0.1, 0.15) is 24.4 Å². The highest BCUT2D eigenvalue weighted by atomic mass is 32.2. The Hall–Kier alpha value is -2.63. The van der Waals surface area contributed by atoms with Gasteiger partial charge in [0, 0.05) is 0 Å². The number of hydroxylamine groups is 2. The summed E-state index contributed by atoms with van der Waals surface area (Å²) in [6.07, 6.45) is -0.170. The first-order valence-electron chi connectivity index (χ1n) is 13.6. The van der Waals surface area contributed by atoms with Gasteiger partial charge in [0.05, 0.1) is 44.8 Å². The zero-order valence-electron chi connectivity index (χ0n) is 22.9. The third-order valence-corrected chi connectivity index (χ3v) is 7.94. The monoisotopic (exact) mass is 567 g/mol. The molecular weight excluding hydrogens is 530 g/mol. The Bertz CT molecular complexity index is 1290. The zero-order chi connectivity index (χ0) is 28.0. The smallest absolute Gasteiger partial charge is 0.264 e. The molecule has 9 heteroatoms. The van der Waals surface area contributed by atoms with Gasteiger partial charge in [-0.05, 0) is 30.0 Å². The maximum atomic E-state index is 11.8. The maximum Gasteiger partial charge on any atom is 0.264 e. The van der Waals surface area contributed by atoms with E-state index in [0.29, 0.717) is 32.8 Å². The van der Waals surface area contributed by atoms with Crippen LogP contribution in [0, 0.1) is 0 Å². The molecule has 40 heavy (non-hydrogen) atoms. The summed E-state index contributed by atoms with van der Waals surface area (Å²) in [5, 5.41) is 1.91. The van der Waals surface area contributed by atoms with Gasteiger partial charge < -0.3 is 14.2 Å². The van der Waals surface area contributed by atoms with E-state index in [0.717, 1.165) is 22.9 Å². The van der Waals surface area contributed by atoms with Gasteiger partial charge in [0.2, 0.25) is 0 Å². The fourth-order valence-corrected chi connectivity index (χ4v) is 6.08. The molecule has 0 bridgehead atoms. The van der Waals surface area contributed by atoms with Crippen LogP contribution in [0.3, 0.4) is 0 Å². The van der Waals surface area contributed by atoms with Gasteiger partial charge in [-0.3, -0.25) is 9.02 Å². The summed E-state index contributed by atoms with van der Waals surface area (Å²) in [5.74, 6) is 0. The molecule has 0 amide bonds. The fourth-order valence-electron chi connectivity index (χ4n) is 5.41. The van der Waals surface area contributed by atoms with Gasteiger partial charge >= 0.3 is 0 Å². The molecule has 2 aliphatic heterocycles. The van der Waals surface area contributed by atoms with Crippen LogP contribution in [0.25, 0.3) is 0 Å². The number of benzene rings is 3. The third-order valence-electron chi connectivity index (χ3n) is 7.29. The molecule has 5 rings (SSSR count). The van der Waals surface area contributed by atoms with Crippen LogP contribution in [-0.2, 0) is 53.2 Å². The van der Waals surface area contributed by atoms with Gasteiger partial charge in [0.25, 0.3) is 10.1 Å². The van der Waals surface area contributed by atoms with E-state index in [9.17, 15) is 8.42 Å². The Kier molecular flexibility index (Phi) is 9.64. The SMILES string of the molecule is C[C@@H](OS(C)(=O)=O)[C@H]1C[C@@H]2[C@@H](OCc3ccccc3)[C@H](OCc3ccccc3)[C@@H](COCc3ccccc3)N2O1. The molecule has 214 valence electrons. The molecule has 2 aliphatic rings. The minimum absolute atomic E-state index is 0.162. The summed E-state index contributed by atoms with van der Waals surface area (Å²) in [6, 6.07) is 29.6. The number of rotatable bonds is 13. The predicted molar refractivity (Wildman–Crippen MR) is 150 cm³/mol. The van der Waals surface area contributed by atoms with Crippen molar-refractivity contribution >= 4 is 10.1 Å². The number of hydrogen-bond acceptors (Lipinski definition) is 8. The normalized spacial score (nSPS) is 25.6. The first-order chi connectivity index (χ1) is 19.4. The highest BCUT2D eigenvalue weighted by Gasteiger charge is 2.57. The van der Waals surface area contributed by atoms with Crippen molar-refractivity contribution in [2.24, 2.45) is 0 Å². The molecule has 0 unspecified atom stereocenters. The number of fused-ring (bicyclic) bond motifs is 1. The van der Waals surface area contributed by atoms with Crippen molar-refractivity contribution in [1.82, 2.24) is 5.06 Å². The van der Waals surface area contributed by atoms with Crippen LogP contribution in [0.4, 0.5) is 0 Å². The summed E-state index contributed by atoms with van der Waals surface area (Å²) in [6.45, 7) is 3.36. The van der Waals surface area contributed by atoms with Crippen LogP contribution in [0.2, 0.25) is 0 Å². The lowest BCUT2D eigenvalue weighted by Gasteiger charge is -2.29. The Morgan fingerprint density at radius 1 is 0.800 bits per heavy atom. The second-order valence-electron chi connectivity index (χ2n) is 10.4. The molecule has 3 aromatic carbocycles. The highest BCUT2D eigenvalue weighted by molar-refractivity contribution is 7.86. The summed E-state index contributed by atoms with van der Waals surface area (Å²) < 4.78 is 48.3.